The third-order valence-electron chi connectivity index (χ3n) is 6.42. The summed E-state index contributed by atoms with van der Waals surface area (Å²) in [6.07, 6.45) is -8.72. The van der Waals surface area contributed by atoms with Crippen molar-refractivity contribution >= 4 is 33.4 Å². The van der Waals surface area contributed by atoms with Gasteiger partial charge in [-0.15, -0.1) is 0 Å². The van der Waals surface area contributed by atoms with E-state index in [4.69, 9.17) is 10.5 Å². The van der Waals surface area contributed by atoms with Crippen LogP contribution in [0.4, 0.5) is 46.6 Å². The molecule has 0 saturated heterocycles. The van der Waals surface area contributed by atoms with Crippen LogP contribution in [-0.2, 0) is 23.3 Å². The Labute approximate surface area is 246 Å². The summed E-state index contributed by atoms with van der Waals surface area (Å²) in [5.41, 5.74) is 3.62. The van der Waals surface area contributed by atoms with Gasteiger partial charge in [-0.2, -0.15) is 26.3 Å². The minimum absolute atomic E-state index is 0.00727. The first-order valence-corrected chi connectivity index (χ1v) is 13.5. The summed E-state index contributed by atoms with van der Waals surface area (Å²) in [6, 6.07) is 11.1. The first-order chi connectivity index (χ1) is 20.6. The van der Waals surface area contributed by atoms with Gasteiger partial charge in [0, 0.05) is 28.8 Å². The molecule has 3 aromatic carbocycles. The summed E-state index contributed by atoms with van der Waals surface area (Å²) in [5, 5.41) is 0.319. The van der Waals surface area contributed by atoms with Crippen molar-refractivity contribution in [1.29, 1.82) is 0 Å². The molecule has 2 heterocycles. The summed E-state index contributed by atoms with van der Waals surface area (Å²) >= 11 is 0. The number of benzene rings is 3. The highest BCUT2D eigenvalue weighted by atomic mass is 32.2. The van der Waals surface area contributed by atoms with Crippen molar-refractivity contribution < 1.29 is 44.1 Å². The van der Waals surface area contributed by atoms with E-state index in [0.29, 0.717) is 40.2 Å². The van der Waals surface area contributed by atoms with E-state index in [2.05, 4.69) is 14.7 Å². The SMILES string of the molecule is COc1ncc(-c2ccc3nc(N)c(-c4cc(C(F)(F)F)cc(C(F)(F)F)c4)cc3c2)cc1NS(=O)c1ccc(F)cc1F. The number of nitrogens with one attached hydrogen (secondary N) is 1. The Bertz CT molecular complexity index is 1900. The number of halogens is 8. The second kappa shape index (κ2) is 11.4. The monoisotopic (exact) mass is 638 g/mol. The highest BCUT2D eigenvalue weighted by molar-refractivity contribution is 7.86. The van der Waals surface area contributed by atoms with Gasteiger partial charge in [-0.25, -0.2) is 23.0 Å². The minimum Gasteiger partial charge on any atom is -0.480 e. The van der Waals surface area contributed by atoms with Crippen molar-refractivity contribution in [2.45, 2.75) is 17.2 Å². The lowest BCUT2D eigenvalue weighted by Crippen LogP contribution is -2.11. The lowest BCUT2D eigenvalue weighted by molar-refractivity contribution is -0.143. The maximum Gasteiger partial charge on any atom is 0.416 e. The predicted octanol–water partition coefficient (Wildman–Crippen LogP) is 8.01. The van der Waals surface area contributed by atoms with E-state index in [1.807, 2.05) is 0 Å². The second-order valence-electron chi connectivity index (χ2n) is 9.35. The third-order valence-corrected chi connectivity index (χ3v) is 7.55. The molecule has 0 saturated carbocycles. The molecular weight excluding hydrogens is 620 g/mol. The molecule has 6 nitrogen and oxygen atoms in total. The molecule has 44 heavy (non-hydrogen) atoms. The Morgan fingerprint density at radius 1 is 0.818 bits per heavy atom. The molecule has 0 spiro atoms. The van der Waals surface area contributed by atoms with Crippen LogP contribution in [0.1, 0.15) is 11.1 Å². The zero-order valence-corrected chi connectivity index (χ0v) is 23.0. The van der Waals surface area contributed by atoms with Crippen LogP contribution >= 0.6 is 0 Å². The number of nitrogen functional groups attached to an aromatic ring is 1. The molecule has 0 radical (unpaired) electrons. The fraction of sp³-hybridized carbons (Fsp3) is 0.103. The van der Waals surface area contributed by atoms with E-state index in [1.165, 1.54) is 31.5 Å². The molecule has 0 amide bonds. The Hall–Kier alpha value is -4.79. The van der Waals surface area contributed by atoms with Gasteiger partial charge in [0.05, 0.1) is 28.6 Å². The number of fused-ring (bicyclic) bond motifs is 1. The lowest BCUT2D eigenvalue weighted by Gasteiger charge is -2.16. The topological polar surface area (TPSA) is 90.1 Å². The first kappa shape index (κ1) is 30.7. The molecule has 3 N–H and O–H groups in total. The van der Waals surface area contributed by atoms with Crippen LogP contribution in [0.25, 0.3) is 33.2 Å². The van der Waals surface area contributed by atoms with Gasteiger partial charge in [-0.3, -0.25) is 4.72 Å². The van der Waals surface area contributed by atoms with Gasteiger partial charge in [-0.05, 0) is 65.7 Å². The van der Waals surface area contributed by atoms with E-state index >= 15 is 0 Å². The number of methoxy groups -OCH3 is 1. The first-order valence-electron chi connectivity index (χ1n) is 12.3. The number of ether oxygens (including phenoxy) is 1. The maximum atomic E-state index is 14.2. The van der Waals surface area contributed by atoms with Crippen molar-refractivity contribution in [2.24, 2.45) is 0 Å². The molecule has 1 atom stereocenters. The molecule has 228 valence electrons. The molecule has 0 bridgehead atoms. The third kappa shape index (κ3) is 6.27. The van der Waals surface area contributed by atoms with Gasteiger partial charge in [0.15, 0.2) is 11.0 Å². The highest BCUT2D eigenvalue weighted by Gasteiger charge is 2.37. The van der Waals surface area contributed by atoms with E-state index in [1.54, 1.807) is 12.1 Å². The molecule has 0 fully saturated rings. The van der Waals surface area contributed by atoms with Crippen molar-refractivity contribution in [3.8, 4) is 28.1 Å². The van der Waals surface area contributed by atoms with E-state index in [9.17, 15) is 39.3 Å². The number of anilines is 2. The van der Waals surface area contributed by atoms with Crippen LogP contribution in [0, 0.1) is 11.6 Å². The number of nitrogens with two attached hydrogens (primary N) is 1. The van der Waals surface area contributed by atoms with Crippen molar-refractivity contribution in [3.63, 3.8) is 0 Å². The number of rotatable bonds is 6. The fourth-order valence-corrected chi connectivity index (χ4v) is 5.22. The molecule has 5 aromatic rings. The molecular formula is C29H18F8N4O2S. The van der Waals surface area contributed by atoms with Crippen LogP contribution in [-0.4, -0.2) is 21.3 Å². The number of pyridine rings is 2. The van der Waals surface area contributed by atoms with Gasteiger partial charge >= 0.3 is 12.4 Å². The quantitative estimate of drug-likeness (QED) is 0.184. The molecule has 0 aliphatic carbocycles. The maximum absolute atomic E-state index is 14.2. The normalized spacial score (nSPS) is 12.8. The zero-order valence-electron chi connectivity index (χ0n) is 22.1. The number of alkyl halides is 6. The van der Waals surface area contributed by atoms with Gasteiger partial charge in [0.25, 0.3) is 0 Å². The molecule has 15 heteroatoms. The highest BCUT2D eigenvalue weighted by Crippen LogP contribution is 2.40. The van der Waals surface area contributed by atoms with Gasteiger partial charge in [-0.1, -0.05) is 6.07 Å². The summed E-state index contributed by atoms with van der Waals surface area (Å²) in [5.74, 6) is -2.19. The second-order valence-corrected chi connectivity index (χ2v) is 10.5. The Balaban J connectivity index is 1.57. The molecule has 0 aliphatic heterocycles. The zero-order chi connectivity index (χ0) is 32.0. The van der Waals surface area contributed by atoms with E-state index in [-0.39, 0.29) is 33.9 Å². The van der Waals surface area contributed by atoms with Crippen LogP contribution < -0.4 is 15.2 Å². The smallest absolute Gasteiger partial charge is 0.416 e. The average Bonchev–Trinajstić information content (AvgIpc) is 2.95. The minimum atomic E-state index is -5.05. The number of nitrogens with zero attached hydrogens (tertiary/aromatic N) is 2. The van der Waals surface area contributed by atoms with Gasteiger partial charge in [0.2, 0.25) is 5.88 Å². The van der Waals surface area contributed by atoms with Crippen LogP contribution in [0.3, 0.4) is 0 Å². The Morgan fingerprint density at radius 3 is 2.11 bits per heavy atom. The number of hydrogen-bond acceptors (Lipinski definition) is 5. The van der Waals surface area contributed by atoms with Crippen molar-refractivity contribution in [2.75, 3.05) is 17.6 Å². The van der Waals surface area contributed by atoms with E-state index in [0.717, 1.165) is 12.1 Å². The number of hydrogen-bond donors (Lipinski definition) is 2. The molecule has 2 aromatic heterocycles. The Morgan fingerprint density at radius 2 is 1.50 bits per heavy atom. The van der Waals surface area contributed by atoms with Crippen molar-refractivity contribution in [1.82, 2.24) is 9.97 Å². The molecule has 1 unspecified atom stereocenters. The summed E-state index contributed by atoms with van der Waals surface area (Å²) < 4.78 is 129. The lowest BCUT2D eigenvalue weighted by atomic mass is 9.97. The van der Waals surface area contributed by atoms with Gasteiger partial charge in [0.1, 0.15) is 23.1 Å². The average molecular weight is 639 g/mol. The predicted molar refractivity (Wildman–Crippen MR) is 148 cm³/mol. The van der Waals surface area contributed by atoms with Crippen LogP contribution in [0.2, 0.25) is 0 Å². The summed E-state index contributed by atoms with van der Waals surface area (Å²) in [7, 11) is -0.901. The Kier molecular flexibility index (Phi) is 7.92. The standard InChI is InChI=1S/C29H18F8N4O2S/c1-43-27-24(41-44(42)25-5-3-20(30)12-22(25)31)10-17(13-39-27)14-2-4-23-16(6-14)9-21(26(38)40-23)15-7-18(28(32,33)34)11-19(8-15)29(35,36)37/h2-13,41H,1H3,(H2,38,40). The summed E-state index contributed by atoms with van der Waals surface area (Å²) in [6.45, 7) is 0. The molecule has 0 aliphatic rings. The number of aromatic nitrogens is 2. The fourth-order valence-electron chi connectivity index (χ4n) is 4.34. The molecule has 5 rings (SSSR count). The van der Waals surface area contributed by atoms with E-state index < -0.39 is 51.7 Å². The van der Waals surface area contributed by atoms with Crippen LogP contribution in [0.5, 0.6) is 5.88 Å². The largest absolute Gasteiger partial charge is 0.480 e. The van der Waals surface area contributed by atoms with Crippen LogP contribution in [0.15, 0.2) is 77.8 Å². The van der Waals surface area contributed by atoms with Crippen molar-refractivity contribution in [3.05, 3.63) is 95.7 Å². The summed E-state index contributed by atoms with van der Waals surface area (Å²) in [4.78, 5) is 8.00. The van der Waals surface area contributed by atoms with Gasteiger partial charge < -0.3 is 10.5 Å².